The fourth-order valence-corrected chi connectivity index (χ4v) is 3.08. The van der Waals surface area contributed by atoms with Crippen molar-refractivity contribution in [2.45, 2.75) is 13.8 Å². The molecule has 0 spiro atoms. The van der Waals surface area contributed by atoms with E-state index in [0.29, 0.717) is 16.3 Å². The van der Waals surface area contributed by atoms with Crippen LogP contribution >= 0.6 is 11.3 Å². The van der Waals surface area contributed by atoms with Gasteiger partial charge in [-0.15, -0.1) is 0 Å². The lowest BCUT2D eigenvalue weighted by atomic mass is 10.1. The van der Waals surface area contributed by atoms with Gasteiger partial charge in [0.25, 0.3) is 5.91 Å². The number of aromatic hydroxyl groups is 1. The van der Waals surface area contributed by atoms with Gasteiger partial charge < -0.3 is 5.11 Å². The second-order valence-electron chi connectivity index (χ2n) is 4.89. The number of nitrogens with one attached hydrogen (secondary N) is 1. The number of benzene rings is 2. The minimum Gasteiger partial charge on any atom is -0.508 e. The van der Waals surface area contributed by atoms with Gasteiger partial charge in [0.15, 0.2) is 5.13 Å². The largest absolute Gasteiger partial charge is 0.508 e. The van der Waals surface area contributed by atoms with E-state index in [1.54, 1.807) is 25.1 Å². The third kappa shape index (κ3) is 2.60. The van der Waals surface area contributed by atoms with Crippen LogP contribution in [0.1, 0.15) is 21.5 Å². The summed E-state index contributed by atoms with van der Waals surface area (Å²) in [4.78, 5) is 16.7. The number of nitrogens with zero attached hydrogens (tertiary/aromatic N) is 1. The molecule has 5 heteroatoms. The van der Waals surface area contributed by atoms with Gasteiger partial charge in [-0.1, -0.05) is 23.5 Å². The fourth-order valence-electron chi connectivity index (χ4n) is 2.12. The van der Waals surface area contributed by atoms with Crippen LogP contribution in [0, 0.1) is 13.8 Å². The molecule has 1 aromatic heterocycles. The predicted molar refractivity (Wildman–Crippen MR) is 85.2 cm³/mol. The predicted octanol–water partition coefficient (Wildman–Crippen LogP) is 3.87. The zero-order valence-corrected chi connectivity index (χ0v) is 12.5. The zero-order chi connectivity index (χ0) is 15.0. The van der Waals surface area contributed by atoms with E-state index in [-0.39, 0.29) is 11.7 Å². The molecule has 0 radical (unpaired) electrons. The summed E-state index contributed by atoms with van der Waals surface area (Å²) in [6.07, 6.45) is 0. The van der Waals surface area contributed by atoms with Gasteiger partial charge in [0.05, 0.1) is 10.2 Å². The van der Waals surface area contributed by atoms with Crippen molar-refractivity contribution in [3.63, 3.8) is 0 Å². The second kappa shape index (κ2) is 5.18. The molecular formula is C16H14N2O2S. The molecular weight excluding hydrogens is 284 g/mol. The first-order valence-electron chi connectivity index (χ1n) is 6.52. The number of carbonyl (C=O) groups is 1. The molecule has 0 bridgehead atoms. The highest BCUT2D eigenvalue weighted by Crippen LogP contribution is 2.27. The summed E-state index contributed by atoms with van der Waals surface area (Å²) < 4.78 is 1.04. The number of aromatic nitrogens is 1. The summed E-state index contributed by atoms with van der Waals surface area (Å²) in [7, 11) is 0. The Kier molecular flexibility index (Phi) is 3.35. The van der Waals surface area contributed by atoms with E-state index >= 15 is 0 Å². The van der Waals surface area contributed by atoms with Crippen molar-refractivity contribution >= 4 is 32.6 Å². The fraction of sp³-hybridized carbons (Fsp3) is 0.125. The van der Waals surface area contributed by atoms with Crippen LogP contribution in [-0.2, 0) is 0 Å². The normalized spacial score (nSPS) is 10.8. The van der Waals surface area contributed by atoms with Gasteiger partial charge in [0, 0.05) is 11.1 Å². The van der Waals surface area contributed by atoms with Crippen LogP contribution in [0.2, 0.25) is 0 Å². The SMILES string of the molecule is Cc1ccc2nc(NC(=O)c3cccc(O)c3C)sc2c1. The molecule has 1 amide bonds. The number of anilines is 1. The van der Waals surface area contributed by atoms with Gasteiger partial charge in [-0.2, -0.15) is 0 Å². The Morgan fingerprint density at radius 3 is 2.86 bits per heavy atom. The first-order chi connectivity index (χ1) is 10.0. The molecule has 0 aliphatic rings. The van der Waals surface area contributed by atoms with Gasteiger partial charge in [-0.25, -0.2) is 4.98 Å². The van der Waals surface area contributed by atoms with E-state index in [0.717, 1.165) is 15.8 Å². The first-order valence-corrected chi connectivity index (χ1v) is 7.33. The van der Waals surface area contributed by atoms with E-state index in [1.807, 2.05) is 25.1 Å². The summed E-state index contributed by atoms with van der Waals surface area (Å²) in [5.74, 6) is -0.151. The third-order valence-corrected chi connectivity index (χ3v) is 4.25. The molecule has 0 aliphatic carbocycles. The summed E-state index contributed by atoms with van der Waals surface area (Å²) in [5.41, 5.74) is 3.04. The topological polar surface area (TPSA) is 62.2 Å². The number of aryl methyl sites for hydroxylation is 1. The van der Waals surface area contributed by atoms with Crippen molar-refractivity contribution in [3.05, 3.63) is 53.1 Å². The van der Waals surface area contributed by atoms with Crippen LogP contribution in [0.25, 0.3) is 10.2 Å². The number of phenols is 1. The Morgan fingerprint density at radius 1 is 1.24 bits per heavy atom. The number of carbonyl (C=O) groups excluding carboxylic acids is 1. The molecule has 0 atom stereocenters. The number of hydrogen-bond donors (Lipinski definition) is 2. The Labute approximate surface area is 126 Å². The summed E-state index contributed by atoms with van der Waals surface area (Å²) in [5, 5.41) is 13.0. The molecule has 106 valence electrons. The minimum atomic E-state index is -0.265. The van der Waals surface area contributed by atoms with Crippen LogP contribution in [0.3, 0.4) is 0 Å². The number of thiazole rings is 1. The minimum absolute atomic E-state index is 0.113. The van der Waals surface area contributed by atoms with Crippen LogP contribution in [0.5, 0.6) is 5.75 Å². The number of amides is 1. The van der Waals surface area contributed by atoms with E-state index in [4.69, 9.17) is 0 Å². The third-order valence-electron chi connectivity index (χ3n) is 3.31. The molecule has 2 N–H and O–H groups in total. The van der Waals surface area contributed by atoms with Gasteiger partial charge in [0.1, 0.15) is 5.75 Å². The maximum absolute atomic E-state index is 12.3. The van der Waals surface area contributed by atoms with E-state index in [2.05, 4.69) is 10.3 Å². The number of rotatable bonds is 2. The molecule has 0 unspecified atom stereocenters. The molecule has 2 aromatic carbocycles. The highest BCUT2D eigenvalue weighted by molar-refractivity contribution is 7.22. The average molecular weight is 298 g/mol. The Morgan fingerprint density at radius 2 is 2.05 bits per heavy atom. The first kappa shape index (κ1) is 13.6. The van der Waals surface area contributed by atoms with Crippen molar-refractivity contribution in [2.75, 3.05) is 5.32 Å². The monoisotopic (exact) mass is 298 g/mol. The standard InChI is InChI=1S/C16H14N2O2S/c1-9-6-7-12-14(8-9)21-16(17-12)18-15(20)11-4-3-5-13(19)10(11)2/h3-8,19H,1-2H3,(H,17,18,20). The number of hydrogen-bond acceptors (Lipinski definition) is 4. The van der Waals surface area contributed by atoms with Crippen molar-refractivity contribution in [1.29, 1.82) is 0 Å². The van der Waals surface area contributed by atoms with Gasteiger partial charge >= 0.3 is 0 Å². The summed E-state index contributed by atoms with van der Waals surface area (Å²) in [6, 6.07) is 10.9. The lowest BCUT2D eigenvalue weighted by Crippen LogP contribution is -2.13. The Hall–Kier alpha value is -2.40. The van der Waals surface area contributed by atoms with Gasteiger partial charge in [-0.05, 0) is 43.7 Å². The van der Waals surface area contributed by atoms with Gasteiger partial charge in [-0.3, -0.25) is 10.1 Å². The van der Waals surface area contributed by atoms with Crippen molar-refractivity contribution in [1.82, 2.24) is 4.98 Å². The van der Waals surface area contributed by atoms with Crippen molar-refractivity contribution in [3.8, 4) is 5.75 Å². The van der Waals surface area contributed by atoms with Crippen LogP contribution in [0.4, 0.5) is 5.13 Å². The molecule has 3 rings (SSSR count). The molecule has 0 saturated heterocycles. The number of fused-ring (bicyclic) bond motifs is 1. The van der Waals surface area contributed by atoms with Gasteiger partial charge in [0.2, 0.25) is 0 Å². The maximum Gasteiger partial charge on any atom is 0.257 e. The molecule has 3 aromatic rings. The zero-order valence-electron chi connectivity index (χ0n) is 11.7. The lowest BCUT2D eigenvalue weighted by molar-refractivity contribution is 0.102. The molecule has 0 fully saturated rings. The highest BCUT2D eigenvalue weighted by atomic mass is 32.1. The second-order valence-corrected chi connectivity index (χ2v) is 5.92. The number of phenolic OH excluding ortho intramolecular Hbond substituents is 1. The van der Waals surface area contributed by atoms with Crippen molar-refractivity contribution in [2.24, 2.45) is 0 Å². The van der Waals surface area contributed by atoms with Crippen molar-refractivity contribution < 1.29 is 9.90 Å². The highest BCUT2D eigenvalue weighted by Gasteiger charge is 2.13. The van der Waals surface area contributed by atoms with E-state index in [9.17, 15) is 9.90 Å². The summed E-state index contributed by atoms with van der Waals surface area (Å²) >= 11 is 1.44. The van der Waals surface area contributed by atoms with Crippen LogP contribution in [-0.4, -0.2) is 16.0 Å². The molecule has 21 heavy (non-hydrogen) atoms. The van der Waals surface area contributed by atoms with Crippen LogP contribution in [0.15, 0.2) is 36.4 Å². The molecule has 1 heterocycles. The summed E-state index contributed by atoms with van der Waals surface area (Å²) in [6.45, 7) is 3.74. The quantitative estimate of drug-likeness (QED) is 0.755. The Bertz CT molecular complexity index is 839. The molecule has 0 saturated carbocycles. The van der Waals surface area contributed by atoms with E-state index < -0.39 is 0 Å². The lowest BCUT2D eigenvalue weighted by Gasteiger charge is -2.06. The molecule has 4 nitrogen and oxygen atoms in total. The maximum atomic E-state index is 12.3. The van der Waals surface area contributed by atoms with E-state index in [1.165, 1.54) is 11.3 Å². The average Bonchev–Trinajstić information content (AvgIpc) is 2.83. The molecule has 0 aliphatic heterocycles. The van der Waals surface area contributed by atoms with Crippen LogP contribution < -0.4 is 5.32 Å². The smallest absolute Gasteiger partial charge is 0.257 e. The Balaban J connectivity index is 1.91.